The van der Waals surface area contributed by atoms with Gasteiger partial charge in [-0.15, -0.1) is 47.0 Å². The standard InChI is InChI=1S/C26H34O4S6/c1-7-21(27)29-15(3)19-13-33-25(35-19)23(31-5)17-9-11-18(12-10-17)24(32-6)26-34-14-20(36-26)16(4)30-22(28)8-2/h7-12,15-16,19-20,23-26H,1-2,13-14H2,3-6H3. The van der Waals surface area contributed by atoms with Gasteiger partial charge in [0.25, 0.3) is 0 Å². The molecule has 0 radical (unpaired) electrons. The highest BCUT2D eigenvalue weighted by Gasteiger charge is 2.38. The van der Waals surface area contributed by atoms with E-state index in [1.807, 2.05) is 84.4 Å². The van der Waals surface area contributed by atoms with Crippen LogP contribution in [0.3, 0.4) is 0 Å². The summed E-state index contributed by atoms with van der Waals surface area (Å²) in [6.07, 6.45) is 6.55. The Hall–Kier alpha value is -0.260. The van der Waals surface area contributed by atoms with Crippen LogP contribution in [0.5, 0.6) is 0 Å². The zero-order valence-corrected chi connectivity index (χ0v) is 25.9. The van der Waals surface area contributed by atoms with Crippen LogP contribution in [0.2, 0.25) is 0 Å². The number of ether oxygens (including phenoxy) is 2. The van der Waals surface area contributed by atoms with Crippen LogP contribution in [0.15, 0.2) is 49.6 Å². The molecule has 4 nitrogen and oxygen atoms in total. The summed E-state index contributed by atoms with van der Waals surface area (Å²) >= 11 is 11.5. The minimum Gasteiger partial charge on any atom is -0.458 e. The molecule has 3 rings (SSSR count). The number of esters is 2. The maximum atomic E-state index is 11.6. The van der Waals surface area contributed by atoms with Crippen LogP contribution < -0.4 is 0 Å². The molecule has 2 heterocycles. The minimum atomic E-state index is -0.353. The molecule has 2 saturated heterocycles. The van der Waals surface area contributed by atoms with Gasteiger partial charge in [-0.2, -0.15) is 23.5 Å². The Morgan fingerprint density at radius 2 is 1.19 bits per heavy atom. The van der Waals surface area contributed by atoms with Crippen LogP contribution in [-0.2, 0) is 19.1 Å². The Morgan fingerprint density at radius 3 is 1.50 bits per heavy atom. The zero-order valence-electron chi connectivity index (χ0n) is 21.0. The summed E-state index contributed by atoms with van der Waals surface area (Å²) in [5.41, 5.74) is 2.67. The molecule has 2 aliphatic heterocycles. The number of carbonyl (C=O) groups is 2. The first-order valence-electron chi connectivity index (χ1n) is 11.7. The highest BCUT2D eigenvalue weighted by molar-refractivity contribution is 8.22. The van der Waals surface area contributed by atoms with E-state index >= 15 is 0 Å². The van der Waals surface area contributed by atoms with Gasteiger partial charge in [-0.05, 0) is 37.5 Å². The van der Waals surface area contributed by atoms with Crippen molar-refractivity contribution >= 4 is 82.5 Å². The molecule has 8 unspecified atom stereocenters. The van der Waals surface area contributed by atoms with Gasteiger partial charge in [0, 0.05) is 23.7 Å². The van der Waals surface area contributed by atoms with E-state index in [0.717, 1.165) is 11.5 Å². The largest absolute Gasteiger partial charge is 0.458 e. The minimum absolute atomic E-state index is 0.126. The van der Waals surface area contributed by atoms with E-state index in [4.69, 9.17) is 9.47 Å². The fourth-order valence-electron chi connectivity index (χ4n) is 3.99. The van der Waals surface area contributed by atoms with E-state index in [1.165, 1.54) is 23.3 Å². The summed E-state index contributed by atoms with van der Waals surface area (Å²) < 4.78 is 11.8. The van der Waals surface area contributed by atoms with Crippen LogP contribution in [0.1, 0.15) is 35.5 Å². The van der Waals surface area contributed by atoms with Gasteiger partial charge in [-0.25, -0.2) is 9.59 Å². The van der Waals surface area contributed by atoms with Gasteiger partial charge >= 0.3 is 11.9 Å². The second-order valence-corrected chi connectivity index (χ2v) is 16.1. The Balaban J connectivity index is 1.61. The highest BCUT2D eigenvalue weighted by Crippen LogP contribution is 2.52. The third-order valence-electron chi connectivity index (χ3n) is 6.05. The van der Waals surface area contributed by atoms with Crippen LogP contribution in [0.4, 0.5) is 0 Å². The van der Waals surface area contributed by atoms with Crippen molar-refractivity contribution in [1.82, 2.24) is 0 Å². The molecule has 0 aromatic heterocycles. The molecule has 2 fully saturated rings. The number of thioether (sulfide) groups is 6. The van der Waals surface area contributed by atoms with E-state index < -0.39 is 0 Å². The van der Waals surface area contributed by atoms with Gasteiger partial charge in [0.05, 0.1) is 30.2 Å². The van der Waals surface area contributed by atoms with Crippen molar-refractivity contribution in [3.63, 3.8) is 0 Å². The highest BCUT2D eigenvalue weighted by atomic mass is 32.2. The molecular weight excluding hydrogens is 569 g/mol. The fraction of sp³-hybridized carbons (Fsp3) is 0.538. The van der Waals surface area contributed by atoms with E-state index in [9.17, 15) is 9.59 Å². The summed E-state index contributed by atoms with van der Waals surface area (Å²) in [5, 5.41) is 1.32. The number of benzene rings is 1. The van der Waals surface area contributed by atoms with Crippen molar-refractivity contribution in [2.24, 2.45) is 0 Å². The molecule has 2 aliphatic rings. The fourth-order valence-corrected chi connectivity index (χ4v) is 14.3. The molecule has 8 atom stereocenters. The predicted octanol–water partition coefficient (Wildman–Crippen LogP) is 7.08. The number of hydrogen-bond acceptors (Lipinski definition) is 10. The Bertz CT molecular complexity index is 837. The molecule has 0 aliphatic carbocycles. The molecule has 0 amide bonds. The van der Waals surface area contributed by atoms with Crippen molar-refractivity contribution in [3.05, 3.63) is 60.7 Å². The van der Waals surface area contributed by atoms with Crippen molar-refractivity contribution in [3.8, 4) is 0 Å². The van der Waals surface area contributed by atoms with E-state index in [0.29, 0.717) is 19.7 Å². The van der Waals surface area contributed by atoms with Gasteiger partial charge in [-0.1, -0.05) is 37.4 Å². The first kappa shape index (κ1) is 30.3. The lowest BCUT2D eigenvalue weighted by molar-refractivity contribution is -0.142. The zero-order chi connectivity index (χ0) is 26.2. The van der Waals surface area contributed by atoms with Crippen molar-refractivity contribution < 1.29 is 19.1 Å². The van der Waals surface area contributed by atoms with E-state index in [1.54, 1.807) is 0 Å². The first-order valence-corrected chi connectivity index (χ1v) is 18.2. The molecule has 1 aromatic rings. The summed E-state index contributed by atoms with van der Waals surface area (Å²) in [5.74, 6) is 1.24. The number of carbonyl (C=O) groups excluding carboxylic acids is 2. The SMILES string of the molecule is C=CC(=O)OC(C)C1CSC(C(SC)c2ccc(C(SC)C3SCC(C(C)OC(=O)C=C)S3)cc2)S1. The molecule has 1 aromatic carbocycles. The number of hydrogen-bond donors (Lipinski definition) is 0. The van der Waals surface area contributed by atoms with Crippen molar-refractivity contribution in [1.29, 1.82) is 0 Å². The third kappa shape index (κ3) is 7.88. The third-order valence-corrected chi connectivity index (χ3v) is 15.9. The van der Waals surface area contributed by atoms with Gasteiger partial charge in [-0.3, -0.25) is 0 Å². The summed E-state index contributed by atoms with van der Waals surface area (Å²) in [6, 6.07) is 9.13. The van der Waals surface area contributed by atoms with E-state index in [2.05, 4.69) is 49.9 Å². The lowest BCUT2D eigenvalue weighted by Crippen LogP contribution is -2.25. The Kier molecular flexibility index (Phi) is 12.4. The predicted molar refractivity (Wildman–Crippen MR) is 166 cm³/mol. The molecule has 10 heteroatoms. The van der Waals surface area contributed by atoms with Gasteiger partial charge in [0.15, 0.2) is 0 Å². The lowest BCUT2D eigenvalue weighted by Gasteiger charge is -2.25. The van der Waals surface area contributed by atoms with Crippen LogP contribution in [0, 0.1) is 0 Å². The van der Waals surface area contributed by atoms with Gasteiger partial charge < -0.3 is 9.47 Å². The topological polar surface area (TPSA) is 52.6 Å². The molecular formula is C26H34O4S6. The second kappa shape index (κ2) is 14.8. The summed E-state index contributed by atoms with van der Waals surface area (Å²) in [4.78, 5) is 23.2. The maximum absolute atomic E-state index is 11.6. The summed E-state index contributed by atoms with van der Waals surface area (Å²) in [7, 11) is 0. The number of rotatable bonds is 12. The first-order chi connectivity index (χ1) is 17.3. The molecule has 0 saturated carbocycles. The molecule has 198 valence electrons. The van der Waals surface area contributed by atoms with Gasteiger partial charge in [0.2, 0.25) is 0 Å². The average molecular weight is 603 g/mol. The maximum Gasteiger partial charge on any atom is 0.330 e. The smallest absolute Gasteiger partial charge is 0.330 e. The quantitative estimate of drug-likeness (QED) is 0.183. The van der Waals surface area contributed by atoms with E-state index in [-0.39, 0.29) is 34.6 Å². The van der Waals surface area contributed by atoms with Crippen molar-refractivity contribution in [2.75, 3.05) is 24.0 Å². The van der Waals surface area contributed by atoms with Crippen LogP contribution in [-0.4, -0.2) is 67.8 Å². The molecule has 36 heavy (non-hydrogen) atoms. The monoisotopic (exact) mass is 602 g/mol. The molecule has 0 bridgehead atoms. The van der Waals surface area contributed by atoms with Gasteiger partial charge in [0.1, 0.15) is 12.2 Å². The average Bonchev–Trinajstić information content (AvgIpc) is 3.56. The Morgan fingerprint density at radius 1 is 0.833 bits per heavy atom. The normalized spacial score (nSPS) is 27.0. The summed E-state index contributed by atoms with van der Waals surface area (Å²) in [6.45, 7) is 10.9. The van der Waals surface area contributed by atoms with Crippen LogP contribution in [0.25, 0.3) is 0 Å². The van der Waals surface area contributed by atoms with Crippen molar-refractivity contribution in [2.45, 2.75) is 56.2 Å². The molecule has 0 spiro atoms. The van der Waals surface area contributed by atoms with Crippen LogP contribution >= 0.6 is 70.6 Å². The molecule has 0 N–H and O–H groups in total. The Labute approximate surface area is 241 Å². The second-order valence-electron chi connectivity index (χ2n) is 8.42. The lowest BCUT2D eigenvalue weighted by atomic mass is 10.1.